The van der Waals surface area contributed by atoms with Crippen LogP contribution in [0.5, 0.6) is 5.75 Å². The maximum atomic E-state index is 6.13. The predicted octanol–water partition coefficient (Wildman–Crippen LogP) is 2.26. The standard InChI is InChI=1S/C14H16ClN3O/c15-13-7-11-1-6-19-14(11)12(8-13)9-16-2-4-18-5-3-17-10-18/h3,5,7-8,10,16H,1-2,4,6,9H2. The smallest absolute Gasteiger partial charge is 0.127 e. The number of rotatable bonds is 5. The first-order valence-electron chi connectivity index (χ1n) is 6.43. The van der Waals surface area contributed by atoms with Gasteiger partial charge in [0.15, 0.2) is 0 Å². The first kappa shape index (κ1) is 12.5. The van der Waals surface area contributed by atoms with Crippen LogP contribution in [0.15, 0.2) is 30.9 Å². The maximum Gasteiger partial charge on any atom is 0.127 e. The molecule has 0 amide bonds. The first-order chi connectivity index (χ1) is 9.33. The minimum atomic E-state index is 0.762. The molecule has 0 fully saturated rings. The minimum Gasteiger partial charge on any atom is -0.493 e. The van der Waals surface area contributed by atoms with E-state index < -0.39 is 0 Å². The highest BCUT2D eigenvalue weighted by Crippen LogP contribution is 2.32. The monoisotopic (exact) mass is 277 g/mol. The summed E-state index contributed by atoms with van der Waals surface area (Å²) in [6.07, 6.45) is 6.53. The predicted molar refractivity (Wildman–Crippen MR) is 74.6 cm³/mol. The number of hydrogen-bond acceptors (Lipinski definition) is 3. The SMILES string of the molecule is Clc1cc2c(c(CNCCn3ccnc3)c1)OCC2. The molecule has 0 unspecified atom stereocenters. The van der Waals surface area contributed by atoms with Gasteiger partial charge in [-0.2, -0.15) is 0 Å². The lowest BCUT2D eigenvalue weighted by Gasteiger charge is -2.10. The summed E-state index contributed by atoms with van der Waals surface area (Å²) < 4.78 is 7.72. The van der Waals surface area contributed by atoms with Gasteiger partial charge in [0.1, 0.15) is 5.75 Å². The fraction of sp³-hybridized carbons (Fsp3) is 0.357. The van der Waals surface area contributed by atoms with Gasteiger partial charge in [-0.05, 0) is 17.7 Å². The third kappa shape index (κ3) is 2.91. The lowest BCUT2D eigenvalue weighted by Crippen LogP contribution is -2.19. The average molecular weight is 278 g/mol. The Bertz CT molecular complexity index is 554. The van der Waals surface area contributed by atoms with E-state index >= 15 is 0 Å². The molecular formula is C14H16ClN3O. The van der Waals surface area contributed by atoms with Gasteiger partial charge in [0.25, 0.3) is 0 Å². The third-order valence-electron chi connectivity index (χ3n) is 3.25. The molecule has 1 aliphatic rings. The normalized spacial score (nSPS) is 13.3. The van der Waals surface area contributed by atoms with Crippen molar-refractivity contribution in [1.29, 1.82) is 0 Å². The molecule has 0 aliphatic carbocycles. The maximum absolute atomic E-state index is 6.13. The Hall–Kier alpha value is -1.52. The quantitative estimate of drug-likeness (QED) is 0.852. The molecular weight excluding hydrogens is 262 g/mol. The number of imidazole rings is 1. The number of nitrogens with zero attached hydrogens (tertiary/aromatic N) is 2. The fourth-order valence-corrected chi connectivity index (χ4v) is 2.59. The van der Waals surface area contributed by atoms with Crippen molar-refractivity contribution in [1.82, 2.24) is 14.9 Å². The summed E-state index contributed by atoms with van der Waals surface area (Å²) in [4.78, 5) is 4.02. The van der Waals surface area contributed by atoms with E-state index in [4.69, 9.17) is 16.3 Å². The summed E-state index contributed by atoms with van der Waals surface area (Å²) in [5, 5.41) is 4.20. The molecule has 1 N–H and O–H groups in total. The lowest BCUT2D eigenvalue weighted by molar-refractivity contribution is 0.352. The zero-order chi connectivity index (χ0) is 13.1. The van der Waals surface area contributed by atoms with Gasteiger partial charge in [-0.1, -0.05) is 11.6 Å². The van der Waals surface area contributed by atoms with E-state index in [2.05, 4.69) is 10.3 Å². The molecule has 2 aromatic rings. The topological polar surface area (TPSA) is 39.1 Å². The van der Waals surface area contributed by atoms with Crippen LogP contribution in [0.3, 0.4) is 0 Å². The fourth-order valence-electron chi connectivity index (χ4n) is 2.33. The zero-order valence-electron chi connectivity index (χ0n) is 10.6. The molecule has 0 spiro atoms. The van der Waals surface area contributed by atoms with E-state index in [0.717, 1.165) is 49.0 Å². The van der Waals surface area contributed by atoms with Crippen LogP contribution >= 0.6 is 11.6 Å². The second-order valence-corrected chi connectivity index (χ2v) is 5.07. The van der Waals surface area contributed by atoms with Gasteiger partial charge in [-0.15, -0.1) is 0 Å². The molecule has 1 aromatic heterocycles. The van der Waals surface area contributed by atoms with Crippen molar-refractivity contribution in [3.63, 3.8) is 0 Å². The summed E-state index contributed by atoms with van der Waals surface area (Å²) in [6.45, 7) is 3.33. The molecule has 1 aliphatic heterocycles. The van der Waals surface area contributed by atoms with Crippen LogP contribution in [0.1, 0.15) is 11.1 Å². The molecule has 2 heterocycles. The highest BCUT2D eigenvalue weighted by molar-refractivity contribution is 6.30. The van der Waals surface area contributed by atoms with Gasteiger partial charge < -0.3 is 14.6 Å². The van der Waals surface area contributed by atoms with Crippen molar-refractivity contribution in [2.75, 3.05) is 13.2 Å². The van der Waals surface area contributed by atoms with Crippen molar-refractivity contribution >= 4 is 11.6 Å². The molecule has 0 saturated carbocycles. The van der Waals surface area contributed by atoms with E-state index in [-0.39, 0.29) is 0 Å². The van der Waals surface area contributed by atoms with Crippen LogP contribution in [-0.4, -0.2) is 22.7 Å². The number of halogens is 1. The Morgan fingerprint density at radius 3 is 3.21 bits per heavy atom. The van der Waals surface area contributed by atoms with Crippen LogP contribution in [0, 0.1) is 0 Å². The Morgan fingerprint density at radius 2 is 2.37 bits per heavy atom. The highest BCUT2D eigenvalue weighted by atomic mass is 35.5. The molecule has 5 heteroatoms. The largest absolute Gasteiger partial charge is 0.493 e. The number of fused-ring (bicyclic) bond motifs is 1. The summed E-state index contributed by atoms with van der Waals surface area (Å²) in [5.41, 5.74) is 2.37. The molecule has 4 nitrogen and oxygen atoms in total. The molecule has 0 atom stereocenters. The van der Waals surface area contributed by atoms with Crippen LogP contribution in [0.25, 0.3) is 0 Å². The van der Waals surface area contributed by atoms with E-state index in [1.54, 1.807) is 6.20 Å². The summed E-state index contributed by atoms with van der Waals surface area (Å²) in [5.74, 6) is 1.01. The minimum absolute atomic E-state index is 0.762. The Kier molecular flexibility index (Phi) is 3.71. The molecule has 0 bridgehead atoms. The Balaban J connectivity index is 1.58. The third-order valence-corrected chi connectivity index (χ3v) is 3.46. The number of benzene rings is 1. The Labute approximate surface area is 117 Å². The van der Waals surface area contributed by atoms with Gasteiger partial charge in [0.2, 0.25) is 0 Å². The van der Waals surface area contributed by atoms with Crippen molar-refractivity contribution in [3.05, 3.63) is 47.0 Å². The summed E-state index contributed by atoms with van der Waals surface area (Å²) >= 11 is 6.13. The molecule has 100 valence electrons. The van der Waals surface area contributed by atoms with E-state index in [1.165, 1.54) is 5.56 Å². The number of hydrogen-bond donors (Lipinski definition) is 1. The van der Waals surface area contributed by atoms with Crippen LogP contribution in [-0.2, 0) is 19.5 Å². The number of nitrogens with one attached hydrogen (secondary N) is 1. The molecule has 1 aromatic carbocycles. The summed E-state index contributed by atoms with van der Waals surface area (Å²) in [6, 6.07) is 3.98. The van der Waals surface area contributed by atoms with Crippen molar-refractivity contribution in [2.24, 2.45) is 0 Å². The van der Waals surface area contributed by atoms with Crippen molar-refractivity contribution in [2.45, 2.75) is 19.5 Å². The van der Waals surface area contributed by atoms with Gasteiger partial charge in [0.05, 0.1) is 12.9 Å². The molecule has 19 heavy (non-hydrogen) atoms. The van der Waals surface area contributed by atoms with Gasteiger partial charge in [-0.3, -0.25) is 0 Å². The van der Waals surface area contributed by atoms with Crippen LogP contribution in [0.2, 0.25) is 5.02 Å². The highest BCUT2D eigenvalue weighted by Gasteiger charge is 2.17. The average Bonchev–Trinajstić information content (AvgIpc) is 3.04. The Morgan fingerprint density at radius 1 is 1.42 bits per heavy atom. The second-order valence-electron chi connectivity index (χ2n) is 4.63. The van der Waals surface area contributed by atoms with Crippen LogP contribution < -0.4 is 10.1 Å². The van der Waals surface area contributed by atoms with Gasteiger partial charge >= 0.3 is 0 Å². The van der Waals surface area contributed by atoms with Crippen molar-refractivity contribution < 1.29 is 4.74 Å². The van der Waals surface area contributed by atoms with E-state index in [9.17, 15) is 0 Å². The van der Waals surface area contributed by atoms with Gasteiger partial charge in [-0.25, -0.2) is 4.98 Å². The van der Waals surface area contributed by atoms with Gasteiger partial charge in [0, 0.05) is 49.0 Å². The first-order valence-corrected chi connectivity index (χ1v) is 6.81. The van der Waals surface area contributed by atoms with Crippen LogP contribution in [0.4, 0.5) is 0 Å². The molecule has 0 saturated heterocycles. The number of aromatic nitrogens is 2. The summed E-state index contributed by atoms with van der Waals surface area (Å²) in [7, 11) is 0. The molecule has 0 radical (unpaired) electrons. The van der Waals surface area contributed by atoms with E-state index in [0.29, 0.717) is 0 Å². The molecule has 3 rings (SSSR count). The number of ether oxygens (including phenoxy) is 1. The zero-order valence-corrected chi connectivity index (χ0v) is 11.4. The van der Waals surface area contributed by atoms with E-state index in [1.807, 2.05) is 29.2 Å². The van der Waals surface area contributed by atoms with Crippen molar-refractivity contribution in [3.8, 4) is 5.75 Å². The lowest BCUT2D eigenvalue weighted by atomic mass is 10.1. The second kappa shape index (κ2) is 5.63.